The lowest BCUT2D eigenvalue weighted by Gasteiger charge is -2.14. The highest BCUT2D eigenvalue weighted by molar-refractivity contribution is 7.89. The average molecular weight is 335 g/mol. The monoisotopic (exact) mass is 335 g/mol. The highest BCUT2D eigenvalue weighted by Gasteiger charge is 2.21. The first-order valence-electron chi connectivity index (χ1n) is 6.75. The summed E-state index contributed by atoms with van der Waals surface area (Å²) in [6, 6.07) is 7.41. The molecular weight excluding hydrogens is 318 g/mol. The molecule has 1 heterocycles. The summed E-state index contributed by atoms with van der Waals surface area (Å²) in [7, 11) is -0.816. The summed E-state index contributed by atoms with van der Waals surface area (Å²) < 4.78 is 25.6. The Balaban J connectivity index is 2.40. The molecule has 0 fully saturated rings. The number of sulfonamides is 1. The summed E-state index contributed by atoms with van der Waals surface area (Å²) in [5.41, 5.74) is 0.344. The minimum Gasteiger partial charge on any atom is -0.327 e. The second-order valence-corrected chi connectivity index (χ2v) is 7.26. The van der Waals surface area contributed by atoms with E-state index >= 15 is 0 Å². The molecule has 1 aromatic heterocycles. The second-order valence-electron chi connectivity index (χ2n) is 5.13. The number of pyridine rings is 1. The molecule has 0 spiro atoms. The third-order valence-electron chi connectivity index (χ3n) is 3.28. The zero-order valence-electron chi connectivity index (χ0n) is 13.0. The topological polar surface area (TPSA) is 99.3 Å². The van der Waals surface area contributed by atoms with Gasteiger partial charge in [-0.05, 0) is 36.8 Å². The molecule has 1 aromatic carbocycles. The van der Waals surface area contributed by atoms with Gasteiger partial charge >= 0.3 is 0 Å². The van der Waals surface area contributed by atoms with Crippen LogP contribution in [0.5, 0.6) is 0 Å². The summed E-state index contributed by atoms with van der Waals surface area (Å²) in [5.74, 6) is -0.558. The van der Waals surface area contributed by atoms with Crippen LogP contribution in [0, 0.1) is 6.92 Å². The molecule has 1 amide bonds. The number of hydrogen-bond donors (Lipinski definition) is 2. The van der Waals surface area contributed by atoms with Crippen LogP contribution in [0.2, 0.25) is 0 Å². The lowest BCUT2D eigenvalue weighted by molar-refractivity contribution is 0.102. The molecule has 0 aliphatic carbocycles. The smallest absolute Gasteiger partial charge is 0.271 e. The number of aryl methyl sites for hydroxylation is 1. The van der Waals surface area contributed by atoms with E-state index in [4.69, 9.17) is 0 Å². The number of H-pyrrole nitrogens is 1. The maximum Gasteiger partial charge on any atom is 0.271 e. The molecule has 2 rings (SSSR count). The highest BCUT2D eigenvalue weighted by Crippen LogP contribution is 2.20. The van der Waals surface area contributed by atoms with Crippen LogP contribution in [0.25, 0.3) is 0 Å². The largest absolute Gasteiger partial charge is 0.327 e. The summed E-state index contributed by atoms with van der Waals surface area (Å²) in [6.07, 6.45) is 1.45. The van der Waals surface area contributed by atoms with Gasteiger partial charge in [0.2, 0.25) is 10.0 Å². The molecule has 2 N–H and O–H groups in total. The Morgan fingerprint density at radius 2 is 1.91 bits per heavy atom. The Hall–Kier alpha value is -2.45. The van der Waals surface area contributed by atoms with Crippen LogP contribution in [-0.2, 0) is 10.0 Å². The molecule has 23 heavy (non-hydrogen) atoms. The Bertz CT molecular complexity index is 901. The fourth-order valence-electron chi connectivity index (χ4n) is 1.93. The first-order chi connectivity index (χ1) is 10.7. The van der Waals surface area contributed by atoms with Crippen molar-refractivity contribution in [1.29, 1.82) is 0 Å². The van der Waals surface area contributed by atoms with Gasteiger partial charge in [-0.3, -0.25) is 9.59 Å². The number of amides is 1. The maximum atomic E-state index is 12.3. The van der Waals surface area contributed by atoms with Crippen molar-refractivity contribution in [2.45, 2.75) is 11.8 Å². The number of rotatable bonds is 4. The zero-order chi connectivity index (χ0) is 17.2. The van der Waals surface area contributed by atoms with E-state index in [2.05, 4.69) is 10.3 Å². The Labute approximate surface area is 134 Å². The third-order valence-corrected chi connectivity index (χ3v) is 5.23. The minimum absolute atomic E-state index is 0.0529. The van der Waals surface area contributed by atoms with Gasteiger partial charge in [0, 0.05) is 25.9 Å². The predicted octanol–water partition coefficient (Wildman–Crippen LogP) is 1.19. The van der Waals surface area contributed by atoms with E-state index in [0.717, 1.165) is 4.31 Å². The highest BCUT2D eigenvalue weighted by atomic mass is 32.2. The van der Waals surface area contributed by atoms with Crippen LogP contribution in [0.15, 0.2) is 46.2 Å². The maximum absolute atomic E-state index is 12.3. The van der Waals surface area contributed by atoms with Crippen LogP contribution in [0.1, 0.15) is 15.9 Å². The molecule has 0 saturated heterocycles. The first kappa shape index (κ1) is 16.9. The Morgan fingerprint density at radius 1 is 1.22 bits per heavy atom. The molecule has 0 aliphatic heterocycles. The number of nitrogens with one attached hydrogen (secondary N) is 2. The van der Waals surface area contributed by atoms with E-state index in [1.54, 1.807) is 19.1 Å². The fourth-order valence-corrected chi connectivity index (χ4v) is 3.07. The van der Waals surface area contributed by atoms with E-state index in [1.165, 1.54) is 38.5 Å². The molecule has 0 unspecified atom stereocenters. The third kappa shape index (κ3) is 3.49. The lowest BCUT2D eigenvalue weighted by atomic mass is 10.1. The second kappa shape index (κ2) is 6.35. The van der Waals surface area contributed by atoms with Crippen molar-refractivity contribution >= 4 is 21.6 Å². The molecule has 0 aliphatic rings. The number of aromatic amines is 1. The van der Waals surface area contributed by atoms with Crippen molar-refractivity contribution in [2.24, 2.45) is 0 Å². The number of carbonyl (C=O) groups excluding carboxylic acids is 1. The minimum atomic E-state index is -3.66. The van der Waals surface area contributed by atoms with E-state index in [-0.39, 0.29) is 16.1 Å². The van der Waals surface area contributed by atoms with Crippen LogP contribution in [0.4, 0.5) is 5.69 Å². The van der Waals surface area contributed by atoms with E-state index < -0.39 is 21.5 Å². The molecule has 8 heteroatoms. The number of carbonyl (C=O) groups is 1. The van der Waals surface area contributed by atoms with Gasteiger partial charge in [-0.25, -0.2) is 12.7 Å². The molecule has 0 saturated carbocycles. The van der Waals surface area contributed by atoms with Gasteiger partial charge in [-0.15, -0.1) is 0 Å². The molecule has 7 nitrogen and oxygen atoms in total. The van der Waals surface area contributed by atoms with E-state index in [0.29, 0.717) is 5.56 Å². The van der Waals surface area contributed by atoms with Gasteiger partial charge in [0.1, 0.15) is 5.69 Å². The van der Waals surface area contributed by atoms with Gasteiger partial charge in [0.15, 0.2) is 0 Å². The normalized spacial score (nSPS) is 11.5. The average Bonchev–Trinajstić information content (AvgIpc) is 2.49. The van der Waals surface area contributed by atoms with Crippen molar-refractivity contribution in [3.63, 3.8) is 0 Å². The van der Waals surface area contributed by atoms with Gasteiger partial charge in [-0.2, -0.15) is 0 Å². The fraction of sp³-hybridized carbons (Fsp3) is 0.200. The van der Waals surface area contributed by atoms with Crippen LogP contribution in [0.3, 0.4) is 0 Å². The number of anilines is 1. The molecule has 0 radical (unpaired) electrons. The standard InChI is InChI=1S/C15H17N3O4S/c1-10-6-7-11(9-13(10)23(21,22)18(2)3)14(19)17-12-5-4-8-16-15(12)20/h4-9H,1-3H3,(H,16,20)(H,17,19). The van der Waals surface area contributed by atoms with Crippen molar-refractivity contribution < 1.29 is 13.2 Å². The first-order valence-corrected chi connectivity index (χ1v) is 8.19. The summed E-state index contributed by atoms with van der Waals surface area (Å²) >= 11 is 0. The van der Waals surface area contributed by atoms with E-state index in [9.17, 15) is 18.0 Å². The zero-order valence-corrected chi connectivity index (χ0v) is 13.8. The van der Waals surface area contributed by atoms with Crippen molar-refractivity contribution in [3.05, 3.63) is 58.0 Å². The Kier molecular flexibility index (Phi) is 4.67. The van der Waals surface area contributed by atoms with Crippen molar-refractivity contribution in [3.8, 4) is 0 Å². The number of benzene rings is 1. The number of nitrogens with zero attached hydrogens (tertiary/aromatic N) is 1. The lowest BCUT2D eigenvalue weighted by Crippen LogP contribution is -2.24. The van der Waals surface area contributed by atoms with Crippen molar-refractivity contribution in [1.82, 2.24) is 9.29 Å². The number of aromatic nitrogens is 1. The van der Waals surface area contributed by atoms with Crippen LogP contribution >= 0.6 is 0 Å². The summed E-state index contributed by atoms with van der Waals surface area (Å²) in [4.78, 5) is 26.3. The van der Waals surface area contributed by atoms with Crippen LogP contribution in [-0.4, -0.2) is 37.7 Å². The SMILES string of the molecule is Cc1ccc(C(=O)Nc2ccc[nH]c2=O)cc1S(=O)(=O)N(C)C. The predicted molar refractivity (Wildman–Crippen MR) is 87.1 cm³/mol. The number of hydrogen-bond acceptors (Lipinski definition) is 4. The quantitative estimate of drug-likeness (QED) is 0.876. The summed E-state index contributed by atoms with van der Waals surface area (Å²) in [6.45, 7) is 1.65. The molecule has 122 valence electrons. The molecule has 0 bridgehead atoms. The molecule has 0 atom stereocenters. The van der Waals surface area contributed by atoms with E-state index in [1.807, 2.05) is 0 Å². The Morgan fingerprint density at radius 3 is 2.52 bits per heavy atom. The van der Waals surface area contributed by atoms with Gasteiger partial charge in [-0.1, -0.05) is 6.07 Å². The molecule has 2 aromatic rings. The van der Waals surface area contributed by atoms with Gasteiger partial charge in [0.25, 0.3) is 11.5 Å². The summed E-state index contributed by atoms with van der Waals surface area (Å²) in [5, 5.41) is 2.46. The molecular formula is C15H17N3O4S. The van der Waals surface area contributed by atoms with Gasteiger partial charge < -0.3 is 10.3 Å². The van der Waals surface area contributed by atoms with Gasteiger partial charge in [0.05, 0.1) is 4.90 Å². The van der Waals surface area contributed by atoms with Crippen LogP contribution < -0.4 is 10.9 Å². The van der Waals surface area contributed by atoms with Crippen molar-refractivity contribution in [2.75, 3.05) is 19.4 Å².